The maximum atomic E-state index is 4.35. The van der Waals surface area contributed by atoms with Crippen molar-refractivity contribution >= 4 is 22.7 Å². The molecule has 0 fully saturated rings. The van der Waals surface area contributed by atoms with Crippen molar-refractivity contribution in [3.63, 3.8) is 0 Å². The molecule has 0 atom stereocenters. The Balaban J connectivity index is 1.70. The van der Waals surface area contributed by atoms with Crippen molar-refractivity contribution in [1.29, 1.82) is 0 Å². The summed E-state index contributed by atoms with van der Waals surface area (Å²) < 4.78 is 1.77. The molecule has 3 aromatic heterocycles. The van der Waals surface area contributed by atoms with Gasteiger partial charge in [0.15, 0.2) is 0 Å². The molecule has 1 aromatic carbocycles. The zero-order valence-electron chi connectivity index (χ0n) is 12.5. The molecule has 0 saturated heterocycles. The van der Waals surface area contributed by atoms with Crippen LogP contribution in [0.4, 0.5) is 11.6 Å². The molecule has 6 heteroatoms. The molecule has 3 heterocycles. The maximum Gasteiger partial charge on any atom is 0.132 e. The van der Waals surface area contributed by atoms with Crippen molar-refractivity contribution in [2.75, 3.05) is 5.32 Å². The van der Waals surface area contributed by atoms with Gasteiger partial charge in [0.05, 0.1) is 5.52 Å². The van der Waals surface area contributed by atoms with Gasteiger partial charge >= 0.3 is 0 Å². The standard InChI is InChI=1S/C17H14N6/c1-23-15-10-12(5-6-14(15)21-22-23)13-7-9-19-17(11-13)20-16-4-2-3-8-18-16/h2-11H,1H3,(H,18,19,20). The average Bonchev–Trinajstić information content (AvgIpc) is 2.97. The minimum absolute atomic E-state index is 0.754. The number of nitrogens with zero attached hydrogens (tertiary/aromatic N) is 5. The molecule has 112 valence electrons. The van der Waals surface area contributed by atoms with E-state index in [9.17, 15) is 0 Å². The summed E-state index contributed by atoms with van der Waals surface area (Å²) in [5.41, 5.74) is 4.05. The molecule has 23 heavy (non-hydrogen) atoms. The molecule has 0 aliphatic heterocycles. The molecule has 6 nitrogen and oxygen atoms in total. The first-order valence-corrected chi connectivity index (χ1v) is 7.23. The van der Waals surface area contributed by atoms with Crippen LogP contribution in [-0.4, -0.2) is 25.0 Å². The van der Waals surface area contributed by atoms with Crippen LogP contribution in [0.15, 0.2) is 60.9 Å². The van der Waals surface area contributed by atoms with Crippen molar-refractivity contribution in [3.05, 3.63) is 60.9 Å². The number of hydrogen-bond acceptors (Lipinski definition) is 5. The van der Waals surface area contributed by atoms with Crippen LogP contribution in [-0.2, 0) is 7.05 Å². The molecule has 0 spiro atoms. The monoisotopic (exact) mass is 302 g/mol. The van der Waals surface area contributed by atoms with E-state index in [0.29, 0.717) is 0 Å². The third kappa shape index (κ3) is 2.62. The molecule has 0 unspecified atom stereocenters. The Labute approximate surface area is 132 Å². The highest BCUT2D eigenvalue weighted by molar-refractivity contribution is 5.82. The normalized spacial score (nSPS) is 10.8. The molecule has 1 N–H and O–H groups in total. The summed E-state index contributed by atoms with van der Waals surface area (Å²) in [4.78, 5) is 8.60. The van der Waals surface area contributed by atoms with E-state index < -0.39 is 0 Å². The first kappa shape index (κ1) is 13.4. The van der Waals surface area contributed by atoms with Crippen LogP contribution >= 0.6 is 0 Å². The third-order valence-electron chi connectivity index (χ3n) is 3.62. The Hall–Kier alpha value is -3.28. The number of aromatic nitrogens is 5. The zero-order chi connectivity index (χ0) is 15.6. The second-order valence-corrected chi connectivity index (χ2v) is 5.19. The van der Waals surface area contributed by atoms with E-state index in [4.69, 9.17) is 0 Å². The van der Waals surface area contributed by atoms with Crippen molar-refractivity contribution in [2.24, 2.45) is 7.05 Å². The van der Waals surface area contributed by atoms with Gasteiger partial charge in [0.2, 0.25) is 0 Å². The lowest BCUT2D eigenvalue weighted by Gasteiger charge is -2.07. The lowest BCUT2D eigenvalue weighted by Crippen LogP contribution is -1.95. The van der Waals surface area contributed by atoms with Gasteiger partial charge in [-0.15, -0.1) is 5.10 Å². The van der Waals surface area contributed by atoms with Crippen molar-refractivity contribution in [3.8, 4) is 11.1 Å². The lowest BCUT2D eigenvalue weighted by atomic mass is 10.1. The number of nitrogens with one attached hydrogen (secondary N) is 1. The molecule has 0 aliphatic carbocycles. The van der Waals surface area contributed by atoms with Crippen LogP contribution in [0.2, 0.25) is 0 Å². The first-order valence-electron chi connectivity index (χ1n) is 7.23. The Morgan fingerprint density at radius 1 is 0.870 bits per heavy atom. The third-order valence-corrected chi connectivity index (χ3v) is 3.62. The quantitative estimate of drug-likeness (QED) is 0.629. The van der Waals surface area contributed by atoms with E-state index in [1.54, 1.807) is 17.1 Å². The Morgan fingerprint density at radius 3 is 2.61 bits per heavy atom. The van der Waals surface area contributed by atoms with Gasteiger partial charge in [-0.05, 0) is 47.5 Å². The van der Waals surface area contributed by atoms with Gasteiger partial charge in [0.1, 0.15) is 17.2 Å². The van der Waals surface area contributed by atoms with Gasteiger partial charge in [-0.25, -0.2) is 14.6 Å². The predicted molar refractivity (Wildman–Crippen MR) is 89.3 cm³/mol. The van der Waals surface area contributed by atoms with E-state index >= 15 is 0 Å². The number of benzene rings is 1. The van der Waals surface area contributed by atoms with Crippen molar-refractivity contribution in [2.45, 2.75) is 0 Å². The second kappa shape index (κ2) is 5.49. The molecular weight excluding hydrogens is 288 g/mol. The van der Waals surface area contributed by atoms with Gasteiger partial charge in [-0.2, -0.15) is 0 Å². The maximum absolute atomic E-state index is 4.35. The van der Waals surface area contributed by atoms with Crippen LogP contribution in [0.25, 0.3) is 22.2 Å². The summed E-state index contributed by atoms with van der Waals surface area (Å²) in [6.07, 6.45) is 3.53. The van der Waals surface area contributed by atoms with Crippen LogP contribution in [0.1, 0.15) is 0 Å². The van der Waals surface area contributed by atoms with Gasteiger partial charge < -0.3 is 5.32 Å². The Bertz CT molecular complexity index is 961. The SMILES string of the molecule is Cn1nnc2ccc(-c3ccnc(Nc4ccccn4)c3)cc21. The summed E-state index contributed by atoms with van der Waals surface area (Å²) in [7, 11) is 1.89. The molecular formula is C17H14N6. The lowest BCUT2D eigenvalue weighted by molar-refractivity contribution is 0.736. The molecule has 4 rings (SSSR count). The highest BCUT2D eigenvalue weighted by Gasteiger charge is 2.06. The van der Waals surface area contributed by atoms with E-state index in [0.717, 1.165) is 33.8 Å². The van der Waals surface area contributed by atoms with E-state index in [1.807, 2.05) is 49.5 Å². The summed E-state index contributed by atoms with van der Waals surface area (Å²) in [5, 5.41) is 11.3. The molecule has 0 radical (unpaired) electrons. The molecule has 0 bridgehead atoms. The summed E-state index contributed by atoms with van der Waals surface area (Å²) in [6, 6.07) is 15.8. The van der Waals surface area contributed by atoms with Crippen LogP contribution in [0.3, 0.4) is 0 Å². The predicted octanol–water partition coefficient (Wildman–Crippen LogP) is 3.17. The molecule has 0 aliphatic rings. The second-order valence-electron chi connectivity index (χ2n) is 5.19. The summed E-state index contributed by atoms with van der Waals surface area (Å²) >= 11 is 0. The van der Waals surface area contributed by atoms with Gasteiger partial charge in [-0.3, -0.25) is 0 Å². The van der Waals surface area contributed by atoms with E-state index in [1.165, 1.54) is 0 Å². The number of anilines is 2. The number of rotatable bonds is 3. The molecule has 0 amide bonds. The first-order chi connectivity index (χ1) is 11.3. The summed E-state index contributed by atoms with van der Waals surface area (Å²) in [6.45, 7) is 0. The Kier molecular flexibility index (Phi) is 3.20. The van der Waals surface area contributed by atoms with Crippen LogP contribution in [0, 0.1) is 0 Å². The summed E-state index contributed by atoms with van der Waals surface area (Å²) in [5.74, 6) is 1.52. The van der Waals surface area contributed by atoms with Gasteiger partial charge in [0, 0.05) is 19.4 Å². The number of fused-ring (bicyclic) bond motifs is 1. The molecule has 0 saturated carbocycles. The number of hydrogen-bond donors (Lipinski definition) is 1. The number of pyridine rings is 2. The highest BCUT2D eigenvalue weighted by Crippen LogP contribution is 2.25. The smallest absolute Gasteiger partial charge is 0.132 e. The van der Waals surface area contributed by atoms with Crippen molar-refractivity contribution in [1.82, 2.24) is 25.0 Å². The van der Waals surface area contributed by atoms with Gasteiger partial charge in [-0.1, -0.05) is 17.3 Å². The van der Waals surface area contributed by atoms with E-state index in [2.05, 4.69) is 31.7 Å². The Morgan fingerprint density at radius 2 is 1.74 bits per heavy atom. The minimum Gasteiger partial charge on any atom is -0.325 e. The fourth-order valence-electron chi connectivity index (χ4n) is 2.46. The molecule has 4 aromatic rings. The van der Waals surface area contributed by atoms with Crippen LogP contribution in [0.5, 0.6) is 0 Å². The fraction of sp³-hybridized carbons (Fsp3) is 0.0588. The zero-order valence-corrected chi connectivity index (χ0v) is 12.5. The van der Waals surface area contributed by atoms with Gasteiger partial charge in [0.25, 0.3) is 0 Å². The topological polar surface area (TPSA) is 68.5 Å². The fourth-order valence-corrected chi connectivity index (χ4v) is 2.46. The van der Waals surface area contributed by atoms with E-state index in [-0.39, 0.29) is 0 Å². The number of aryl methyl sites for hydroxylation is 1. The highest BCUT2D eigenvalue weighted by atomic mass is 15.4. The average molecular weight is 302 g/mol. The van der Waals surface area contributed by atoms with Crippen LogP contribution < -0.4 is 5.32 Å². The minimum atomic E-state index is 0.754. The van der Waals surface area contributed by atoms with Crippen molar-refractivity contribution < 1.29 is 0 Å². The largest absolute Gasteiger partial charge is 0.325 e.